The standard InChI is InChI=1S/C55H64F4N10O6/c1-37-33-64-54(53-51(37)66-48-16-13-38-30-41(71-3)14-15-43(38)52(48)67-53)63-19-7-22-68(2)23-25-73-27-29-74-28-26-72-24-21-62-50(70)35-75-42-10-4-8-39(31-42)61-18-6-9-40-32-44-46(65-47-17-20-60-34-45(47)56)11-5-12-49(44)69(40)36-55(57,58)59/h4-5,8,10-16,30-33,45,47,60-61,65H,7,17-29,34-36H2,1-3H3,(H,62,70)(H,63,64)/t45-,47+/m1/s1. The van der Waals surface area contributed by atoms with Crippen molar-refractivity contribution in [2.75, 3.05) is 122 Å². The minimum atomic E-state index is -4.48. The quantitative estimate of drug-likeness (QED) is 0.0118. The number of likely N-dealkylation sites (N-methyl/N-ethyl adjacent to an activating group) is 1. The fourth-order valence-electron chi connectivity index (χ4n) is 8.72. The number of carbonyl (C=O) groups is 1. The maximum Gasteiger partial charge on any atom is 0.406 e. The number of pyridine rings is 1. The molecule has 0 unspecified atom stereocenters. The Bertz CT molecular complexity index is 3090. The van der Waals surface area contributed by atoms with Gasteiger partial charge in [0.15, 0.2) is 12.4 Å². The molecule has 2 atom stereocenters. The second-order valence-corrected chi connectivity index (χ2v) is 18.2. The fraction of sp³-hybridized carbons (Fsp3) is 0.418. The Morgan fingerprint density at radius 3 is 2.49 bits per heavy atom. The van der Waals surface area contributed by atoms with E-state index in [0.29, 0.717) is 87.2 Å². The Labute approximate surface area is 433 Å². The van der Waals surface area contributed by atoms with E-state index in [1.807, 2.05) is 43.5 Å². The number of alkyl halides is 4. The number of anilines is 3. The van der Waals surface area contributed by atoms with Crippen molar-refractivity contribution < 1.29 is 46.0 Å². The number of methoxy groups -OCH3 is 1. The summed E-state index contributed by atoms with van der Waals surface area (Å²) in [6, 6.07) is 23.1. The predicted octanol–water partition coefficient (Wildman–Crippen LogP) is 7.72. The van der Waals surface area contributed by atoms with Crippen LogP contribution in [-0.2, 0) is 25.5 Å². The van der Waals surface area contributed by atoms with Crippen LogP contribution in [0.15, 0.2) is 85.1 Å². The number of rotatable bonds is 26. The molecule has 0 radical (unpaired) electrons. The molecule has 3 aromatic heterocycles. The monoisotopic (exact) mass is 1040 g/mol. The SMILES string of the molecule is COc1ccc2c(ccc3nc4c(C)cnc(NCCCN(C)CCOCCOCCOCCNC(=O)COc5cccc(NCC#Cc6cc7c(N[C@H]8CCNC[C@H]8F)cccc7n6CC(F)(F)F)c5)c4nc32)c1. The Hall–Kier alpha value is -7.02. The molecule has 0 saturated carbocycles. The Balaban J connectivity index is 0.656. The summed E-state index contributed by atoms with van der Waals surface area (Å²) in [6.45, 7) is 6.77. The van der Waals surface area contributed by atoms with Gasteiger partial charge in [-0.15, -0.1) is 0 Å². The number of aryl methyl sites for hydroxylation is 1. The summed E-state index contributed by atoms with van der Waals surface area (Å²) in [5.41, 5.74) is 5.97. The molecular formula is C55H64F4N10O6. The highest BCUT2D eigenvalue weighted by molar-refractivity contribution is 6.07. The summed E-state index contributed by atoms with van der Waals surface area (Å²) >= 11 is 0. The number of nitrogens with zero attached hydrogens (tertiary/aromatic N) is 5. The second kappa shape index (κ2) is 26.5. The molecule has 0 aliphatic carbocycles. The number of hydrogen-bond donors (Lipinski definition) is 5. The van der Waals surface area contributed by atoms with Crippen molar-refractivity contribution in [3.63, 3.8) is 0 Å². The molecule has 4 aromatic carbocycles. The lowest BCUT2D eigenvalue weighted by molar-refractivity contribution is -0.140. The van der Waals surface area contributed by atoms with E-state index >= 15 is 0 Å². The summed E-state index contributed by atoms with van der Waals surface area (Å²) in [6.07, 6.45) is -2.33. The number of carbonyl (C=O) groups excluding carboxylic acids is 1. The molecule has 16 nitrogen and oxygen atoms in total. The van der Waals surface area contributed by atoms with Gasteiger partial charge in [-0.2, -0.15) is 13.2 Å². The highest BCUT2D eigenvalue weighted by atomic mass is 19.4. The number of halogens is 4. The minimum absolute atomic E-state index is 0.122. The molecule has 0 bridgehead atoms. The van der Waals surface area contributed by atoms with E-state index in [2.05, 4.69) is 55.4 Å². The van der Waals surface area contributed by atoms with Gasteiger partial charge in [-0.3, -0.25) is 4.79 Å². The van der Waals surface area contributed by atoms with Crippen LogP contribution in [0.5, 0.6) is 11.5 Å². The van der Waals surface area contributed by atoms with Crippen LogP contribution in [0.1, 0.15) is 24.1 Å². The van der Waals surface area contributed by atoms with Crippen molar-refractivity contribution in [2.45, 2.75) is 44.7 Å². The first-order valence-electron chi connectivity index (χ1n) is 25.1. The first-order valence-corrected chi connectivity index (χ1v) is 25.1. The van der Waals surface area contributed by atoms with Crippen LogP contribution in [0.3, 0.4) is 0 Å². The van der Waals surface area contributed by atoms with Crippen molar-refractivity contribution in [3.8, 4) is 23.3 Å². The zero-order valence-corrected chi connectivity index (χ0v) is 42.5. The van der Waals surface area contributed by atoms with Crippen LogP contribution < -0.4 is 36.1 Å². The lowest BCUT2D eigenvalue weighted by atomic mass is 10.0. The highest BCUT2D eigenvalue weighted by Gasteiger charge is 2.31. The molecule has 1 fully saturated rings. The average Bonchev–Trinajstić information content (AvgIpc) is 3.76. The van der Waals surface area contributed by atoms with Crippen LogP contribution in [0.2, 0.25) is 0 Å². The third kappa shape index (κ3) is 15.3. The van der Waals surface area contributed by atoms with Gasteiger partial charge in [0, 0.05) is 60.6 Å². The van der Waals surface area contributed by atoms with Crippen LogP contribution in [0.4, 0.5) is 34.8 Å². The molecule has 5 N–H and O–H groups in total. The van der Waals surface area contributed by atoms with Crippen LogP contribution in [0.25, 0.3) is 43.7 Å². The Kier molecular flexibility index (Phi) is 19.1. The minimum Gasteiger partial charge on any atom is -0.497 e. The molecule has 7 aromatic rings. The fourth-order valence-corrected chi connectivity index (χ4v) is 8.72. The number of nitrogens with one attached hydrogen (secondary N) is 5. The molecule has 4 heterocycles. The summed E-state index contributed by atoms with van der Waals surface area (Å²) in [4.78, 5) is 29.4. The smallest absolute Gasteiger partial charge is 0.406 e. The van der Waals surface area contributed by atoms with Gasteiger partial charge in [-0.1, -0.05) is 24.1 Å². The molecule has 398 valence electrons. The summed E-state index contributed by atoms with van der Waals surface area (Å²) in [5, 5.41) is 18.2. The molecule has 1 aliphatic rings. The Morgan fingerprint density at radius 1 is 0.867 bits per heavy atom. The Morgan fingerprint density at radius 2 is 1.68 bits per heavy atom. The molecule has 75 heavy (non-hydrogen) atoms. The zero-order valence-electron chi connectivity index (χ0n) is 42.5. The largest absolute Gasteiger partial charge is 0.497 e. The number of hydrogen-bond acceptors (Lipinski definition) is 14. The van der Waals surface area contributed by atoms with E-state index < -0.39 is 24.9 Å². The van der Waals surface area contributed by atoms with Crippen molar-refractivity contribution in [1.82, 2.24) is 35.1 Å². The van der Waals surface area contributed by atoms with E-state index in [4.69, 9.17) is 33.7 Å². The lowest BCUT2D eigenvalue weighted by Gasteiger charge is -2.28. The van der Waals surface area contributed by atoms with Gasteiger partial charge >= 0.3 is 6.18 Å². The van der Waals surface area contributed by atoms with E-state index in [0.717, 1.165) is 80.6 Å². The molecule has 8 rings (SSSR count). The van der Waals surface area contributed by atoms with Gasteiger partial charge in [-0.25, -0.2) is 19.3 Å². The van der Waals surface area contributed by atoms with Gasteiger partial charge in [-0.05, 0) is 111 Å². The number of ether oxygens (including phenoxy) is 5. The first-order chi connectivity index (χ1) is 36.4. The highest BCUT2D eigenvalue weighted by Crippen LogP contribution is 2.33. The van der Waals surface area contributed by atoms with Gasteiger partial charge in [0.1, 0.15) is 29.7 Å². The molecule has 1 amide bonds. The number of aromatic nitrogens is 4. The summed E-state index contributed by atoms with van der Waals surface area (Å²) in [5.74, 6) is 7.44. The van der Waals surface area contributed by atoms with E-state index in [1.54, 1.807) is 55.6 Å². The number of amides is 1. The molecule has 20 heteroatoms. The van der Waals surface area contributed by atoms with E-state index in [9.17, 15) is 22.4 Å². The number of benzene rings is 4. The molecule has 0 spiro atoms. The second-order valence-electron chi connectivity index (χ2n) is 18.2. The number of fused-ring (bicyclic) bond motifs is 5. The average molecular weight is 1040 g/mol. The first kappa shape index (κ1) is 54.2. The van der Waals surface area contributed by atoms with Crippen molar-refractivity contribution in [1.29, 1.82) is 0 Å². The molecular weight excluding hydrogens is 973 g/mol. The molecule has 1 aliphatic heterocycles. The topological polar surface area (TPSA) is 170 Å². The van der Waals surface area contributed by atoms with Crippen LogP contribution in [-0.4, -0.2) is 155 Å². The normalized spacial score (nSPS) is 14.8. The predicted molar refractivity (Wildman–Crippen MR) is 285 cm³/mol. The molecule has 1 saturated heterocycles. The van der Waals surface area contributed by atoms with E-state index in [-0.39, 0.29) is 31.3 Å². The number of piperidine rings is 1. The van der Waals surface area contributed by atoms with Crippen LogP contribution >= 0.6 is 0 Å². The van der Waals surface area contributed by atoms with Crippen molar-refractivity contribution >= 4 is 66.8 Å². The maximum absolute atomic E-state index is 14.6. The van der Waals surface area contributed by atoms with Crippen molar-refractivity contribution in [2.24, 2.45) is 0 Å². The lowest BCUT2D eigenvalue weighted by Crippen LogP contribution is -2.45. The third-order valence-corrected chi connectivity index (χ3v) is 12.6. The van der Waals surface area contributed by atoms with E-state index in [1.165, 1.54) is 0 Å². The van der Waals surface area contributed by atoms with Gasteiger partial charge in [0.2, 0.25) is 0 Å². The van der Waals surface area contributed by atoms with Gasteiger partial charge in [0.05, 0.1) is 87.1 Å². The zero-order chi connectivity index (χ0) is 52.6. The summed E-state index contributed by atoms with van der Waals surface area (Å²) < 4.78 is 84.9. The van der Waals surface area contributed by atoms with Crippen molar-refractivity contribution in [3.05, 3.63) is 96.3 Å². The third-order valence-electron chi connectivity index (χ3n) is 12.6. The van der Waals surface area contributed by atoms with Gasteiger partial charge < -0.3 is 59.7 Å². The van der Waals surface area contributed by atoms with Gasteiger partial charge in [0.25, 0.3) is 5.91 Å². The maximum atomic E-state index is 14.6. The summed E-state index contributed by atoms with van der Waals surface area (Å²) in [7, 11) is 3.73. The van der Waals surface area contributed by atoms with Crippen LogP contribution in [0, 0.1) is 18.8 Å².